The molecule has 0 aliphatic carbocycles. The lowest BCUT2D eigenvalue weighted by Gasteiger charge is -2.10. The van der Waals surface area contributed by atoms with Crippen LogP contribution in [0.4, 0.5) is 5.69 Å². The molecule has 1 aromatic heterocycles. The minimum atomic E-state index is -0.0978. The second-order valence-corrected chi connectivity index (χ2v) is 8.26. The van der Waals surface area contributed by atoms with Crippen LogP contribution in [0.5, 0.6) is 0 Å². The van der Waals surface area contributed by atoms with Gasteiger partial charge in [-0.25, -0.2) is 4.98 Å². The fraction of sp³-hybridized carbons (Fsp3) is 0.0476. The first kappa shape index (κ1) is 17.2. The van der Waals surface area contributed by atoms with Crippen molar-refractivity contribution in [3.8, 4) is 10.6 Å². The van der Waals surface area contributed by atoms with Crippen LogP contribution in [0, 0.1) is 10.5 Å². The lowest BCUT2D eigenvalue weighted by molar-refractivity contribution is 0.102. The smallest absolute Gasteiger partial charge is 0.255 e. The van der Waals surface area contributed by atoms with Gasteiger partial charge >= 0.3 is 0 Å². The molecule has 4 aromatic rings. The van der Waals surface area contributed by atoms with Gasteiger partial charge in [0.25, 0.3) is 5.91 Å². The first-order valence-electron chi connectivity index (χ1n) is 8.14. The van der Waals surface area contributed by atoms with Gasteiger partial charge in [0.05, 0.1) is 10.2 Å². The summed E-state index contributed by atoms with van der Waals surface area (Å²) < 4.78 is 2.22. The first-order chi connectivity index (χ1) is 12.6. The minimum absolute atomic E-state index is 0.0978. The van der Waals surface area contributed by atoms with E-state index in [9.17, 15) is 4.79 Å². The Hall–Kier alpha value is -2.25. The molecule has 128 valence electrons. The van der Waals surface area contributed by atoms with Gasteiger partial charge in [0.15, 0.2) is 0 Å². The van der Waals surface area contributed by atoms with Crippen LogP contribution in [0.1, 0.15) is 15.9 Å². The van der Waals surface area contributed by atoms with Crippen LogP contribution < -0.4 is 5.32 Å². The normalized spacial score (nSPS) is 10.8. The van der Waals surface area contributed by atoms with E-state index in [0.717, 1.165) is 30.9 Å². The Morgan fingerprint density at radius 1 is 1.04 bits per heavy atom. The molecule has 4 rings (SSSR count). The fourth-order valence-electron chi connectivity index (χ4n) is 2.76. The molecule has 3 aromatic carbocycles. The van der Waals surface area contributed by atoms with E-state index in [4.69, 9.17) is 4.98 Å². The van der Waals surface area contributed by atoms with Gasteiger partial charge in [-0.05, 0) is 83.6 Å². The lowest BCUT2D eigenvalue weighted by Crippen LogP contribution is -2.12. The van der Waals surface area contributed by atoms with Crippen molar-refractivity contribution in [3.05, 3.63) is 81.4 Å². The number of fused-ring (bicyclic) bond motifs is 1. The quantitative estimate of drug-likeness (QED) is 0.366. The van der Waals surface area contributed by atoms with Gasteiger partial charge in [-0.2, -0.15) is 0 Å². The molecule has 1 N–H and O–H groups in total. The maximum absolute atomic E-state index is 12.5. The predicted octanol–water partition coefficient (Wildman–Crippen LogP) is 6.13. The number of carbonyl (C=O) groups is 1. The number of aryl methyl sites for hydroxylation is 1. The Balaban J connectivity index is 1.60. The number of thiazole rings is 1. The molecule has 1 amide bonds. The Morgan fingerprint density at radius 3 is 2.65 bits per heavy atom. The molecule has 0 saturated carbocycles. The first-order valence-corrected chi connectivity index (χ1v) is 10.0. The van der Waals surface area contributed by atoms with Gasteiger partial charge in [-0.15, -0.1) is 11.3 Å². The van der Waals surface area contributed by atoms with E-state index in [1.807, 2.05) is 61.5 Å². The molecule has 0 aliphatic heterocycles. The van der Waals surface area contributed by atoms with Crippen LogP contribution >= 0.6 is 33.9 Å². The van der Waals surface area contributed by atoms with Crippen molar-refractivity contribution in [3.63, 3.8) is 0 Å². The number of halogens is 1. The van der Waals surface area contributed by atoms with Gasteiger partial charge in [0.1, 0.15) is 5.01 Å². The highest BCUT2D eigenvalue weighted by Crippen LogP contribution is 2.32. The van der Waals surface area contributed by atoms with E-state index in [0.29, 0.717) is 5.56 Å². The average molecular weight is 470 g/mol. The summed E-state index contributed by atoms with van der Waals surface area (Å²) in [5.74, 6) is -0.0978. The van der Waals surface area contributed by atoms with Gasteiger partial charge in [0, 0.05) is 20.4 Å². The topological polar surface area (TPSA) is 42.0 Å². The average Bonchev–Trinajstić information content (AvgIpc) is 3.07. The van der Waals surface area contributed by atoms with Crippen molar-refractivity contribution in [2.75, 3.05) is 5.32 Å². The third-order valence-corrected chi connectivity index (χ3v) is 5.86. The third kappa shape index (κ3) is 3.50. The zero-order valence-corrected chi connectivity index (χ0v) is 17.0. The molecule has 26 heavy (non-hydrogen) atoms. The van der Waals surface area contributed by atoms with Crippen LogP contribution in [0.2, 0.25) is 0 Å². The summed E-state index contributed by atoms with van der Waals surface area (Å²) in [6, 6.07) is 21.7. The zero-order chi connectivity index (χ0) is 18.1. The molecule has 0 spiro atoms. The van der Waals surface area contributed by atoms with Crippen molar-refractivity contribution < 1.29 is 4.79 Å². The second-order valence-electron chi connectivity index (χ2n) is 5.98. The van der Waals surface area contributed by atoms with Gasteiger partial charge in [-0.3, -0.25) is 4.79 Å². The molecule has 0 fully saturated rings. The van der Waals surface area contributed by atoms with E-state index in [-0.39, 0.29) is 5.91 Å². The SMILES string of the molecule is Cc1cc(-c2nc3ccccc3s2)ccc1NC(=O)c1cccc(I)c1. The second kappa shape index (κ2) is 7.17. The number of amides is 1. The summed E-state index contributed by atoms with van der Waals surface area (Å²) in [6.07, 6.45) is 0. The highest BCUT2D eigenvalue weighted by Gasteiger charge is 2.11. The molecule has 0 saturated heterocycles. The number of para-hydroxylation sites is 1. The number of nitrogens with zero attached hydrogens (tertiary/aromatic N) is 1. The summed E-state index contributed by atoms with van der Waals surface area (Å²) in [4.78, 5) is 17.2. The van der Waals surface area contributed by atoms with Gasteiger partial charge in [0.2, 0.25) is 0 Å². The molecule has 0 bridgehead atoms. The summed E-state index contributed by atoms with van der Waals surface area (Å²) >= 11 is 3.89. The third-order valence-electron chi connectivity index (χ3n) is 4.10. The number of hydrogen-bond acceptors (Lipinski definition) is 3. The van der Waals surface area contributed by atoms with Crippen molar-refractivity contribution in [1.82, 2.24) is 4.98 Å². The monoisotopic (exact) mass is 470 g/mol. The number of aromatic nitrogens is 1. The molecule has 0 aliphatic rings. The highest BCUT2D eigenvalue weighted by molar-refractivity contribution is 14.1. The molecule has 0 unspecified atom stereocenters. The molecule has 1 heterocycles. The standard InChI is InChI=1S/C21H15IN2OS/c1-13-11-15(21-24-18-7-2-3-8-19(18)26-21)9-10-17(13)23-20(25)14-5-4-6-16(22)12-14/h2-12H,1H3,(H,23,25). The summed E-state index contributed by atoms with van der Waals surface area (Å²) in [7, 11) is 0. The van der Waals surface area contributed by atoms with E-state index >= 15 is 0 Å². The Bertz CT molecular complexity index is 1090. The molecular weight excluding hydrogens is 455 g/mol. The maximum Gasteiger partial charge on any atom is 0.255 e. The largest absolute Gasteiger partial charge is 0.322 e. The van der Waals surface area contributed by atoms with Crippen LogP contribution in [0.3, 0.4) is 0 Å². The molecular formula is C21H15IN2OS. The van der Waals surface area contributed by atoms with Crippen LogP contribution in [0.25, 0.3) is 20.8 Å². The molecule has 0 atom stereocenters. The number of nitrogens with one attached hydrogen (secondary N) is 1. The van der Waals surface area contributed by atoms with Gasteiger partial charge in [-0.1, -0.05) is 18.2 Å². The van der Waals surface area contributed by atoms with Crippen LogP contribution in [-0.2, 0) is 0 Å². The molecule has 0 radical (unpaired) electrons. The maximum atomic E-state index is 12.5. The van der Waals surface area contributed by atoms with E-state index in [1.54, 1.807) is 11.3 Å². The summed E-state index contributed by atoms with van der Waals surface area (Å²) in [5.41, 5.74) is 4.57. The number of hydrogen-bond donors (Lipinski definition) is 1. The van der Waals surface area contributed by atoms with E-state index in [1.165, 1.54) is 4.70 Å². The van der Waals surface area contributed by atoms with Crippen LogP contribution in [0.15, 0.2) is 66.7 Å². The van der Waals surface area contributed by atoms with Crippen molar-refractivity contribution in [2.45, 2.75) is 6.92 Å². The molecule has 3 nitrogen and oxygen atoms in total. The summed E-state index contributed by atoms with van der Waals surface area (Å²) in [5, 5.41) is 3.99. The Morgan fingerprint density at radius 2 is 1.88 bits per heavy atom. The van der Waals surface area contributed by atoms with Crippen molar-refractivity contribution in [2.24, 2.45) is 0 Å². The number of rotatable bonds is 3. The lowest BCUT2D eigenvalue weighted by atomic mass is 10.1. The van der Waals surface area contributed by atoms with Crippen molar-refractivity contribution >= 4 is 55.7 Å². The number of carbonyl (C=O) groups excluding carboxylic acids is 1. The van der Waals surface area contributed by atoms with E-state index in [2.05, 4.69) is 40.0 Å². The van der Waals surface area contributed by atoms with Crippen molar-refractivity contribution in [1.29, 1.82) is 0 Å². The Kier molecular flexibility index (Phi) is 4.74. The number of benzene rings is 3. The Labute approximate surface area is 169 Å². The predicted molar refractivity (Wildman–Crippen MR) is 117 cm³/mol. The van der Waals surface area contributed by atoms with Crippen LogP contribution in [-0.4, -0.2) is 10.9 Å². The highest BCUT2D eigenvalue weighted by atomic mass is 127. The molecule has 5 heteroatoms. The van der Waals surface area contributed by atoms with Gasteiger partial charge < -0.3 is 5.32 Å². The summed E-state index contributed by atoms with van der Waals surface area (Å²) in [6.45, 7) is 2.00. The number of anilines is 1. The fourth-order valence-corrected chi connectivity index (χ4v) is 4.26. The minimum Gasteiger partial charge on any atom is -0.322 e. The zero-order valence-electron chi connectivity index (χ0n) is 14.0. The van der Waals surface area contributed by atoms with E-state index < -0.39 is 0 Å².